The number of likely N-dealkylation sites (tertiary alicyclic amines) is 1. The first-order valence-electron chi connectivity index (χ1n) is 8.33. The maximum Gasteiger partial charge on any atom is 0.229 e. The Morgan fingerprint density at radius 2 is 1.90 bits per heavy atom. The van der Waals surface area contributed by atoms with Crippen LogP contribution in [0.15, 0.2) is 0 Å². The Labute approximate surface area is 136 Å². The van der Waals surface area contributed by atoms with Crippen molar-refractivity contribution in [2.45, 2.75) is 59.8 Å². The lowest BCUT2D eigenvalue weighted by Crippen LogP contribution is -2.50. The van der Waals surface area contributed by atoms with Crippen molar-refractivity contribution in [3.05, 3.63) is 0 Å². The van der Waals surface area contributed by atoms with Crippen LogP contribution in [0.25, 0.3) is 0 Å². The maximum atomic E-state index is 12.9. The minimum Gasteiger partial charge on any atom is -0.342 e. The quantitative estimate of drug-likeness (QED) is 0.803. The monoisotopic (exact) mass is 316 g/mol. The van der Waals surface area contributed by atoms with Gasteiger partial charge in [-0.1, -0.05) is 20.8 Å². The second kappa shape index (κ2) is 7.32. The summed E-state index contributed by atoms with van der Waals surface area (Å²) in [5, 5.41) is 3.40. The van der Waals surface area contributed by atoms with Gasteiger partial charge >= 0.3 is 0 Å². The summed E-state index contributed by atoms with van der Waals surface area (Å²) in [6, 6.07) is 0. The van der Waals surface area contributed by atoms with E-state index in [1.165, 1.54) is 12.8 Å². The summed E-state index contributed by atoms with van der Waals surface area (Å²) in [7, 11) is 0. The van der Waals surface area contributed by atoms with Gasteiger partial charge in [-0.05, 0) is 56.9 Å². The van der Waals surface area contributed by atoms with E-state index in [0.717, 1.165) is 51.4 Å². The fourth-order valence-electron chi connectivity index (χ4n) is 3.79. The van der Waals surface area contributed by atoms with Gasteiger partial charge in [0, 0.05) is 19.6 Å². The summed E-state index contributed by atoms with van der Waals surface area (Å²) in [4.78, 5) is 15.0. The lowest BCUT2D eigenvalue weighted by molar-refractivity contribution is -0.142. The molecule has 0 radical (unpaired) electrons. The number of nitrogens with zero attached hydrogens (tertiary/aromatic N) is 1. The highest BCUT2D eigenvalue weighted by Gasteiger charge is 2.38. The van der Waals surface area contributed by atoms with Gasteiger partial charge in [-0.25, -0.2) is 0 Å². The lowest BCUT2D eigenvalue weighted by Gasteiger charge is -2.37. The molecule has 3 nitrogen and oxygen atoms in total. The van der Waals surface area contributed by atoms with Gasteiger partial charge in [0.1, 0.15) is 0 Å². The summed E-state index contributed by atoms with van der Waals surface area (Å²) in [5.41, 5.74) is 0.204. The molecule has 2 rings (SSSR count). The average molecular weight is 317 g/mol. The van der Waals surface area contributed by atoms with Gasteiger partial charge in [-0.2, -0.15) is 0 Å². The minimum absolute atomic E-state index is 0. The predicted molar refractivity (Wildman–Crippen MR) is 90.8 cm³/mol. The van der Waals surface area contributed by atoms with Crippen molar-refractivity contribution in [2.24, 2.45) is 16.7 Å². The van der Waals surface area contributed by atoms with Crippen molar-refractivity contribution in [3.8, 4) is 0 Å². The molecule has 2 atom stereocenters. The number of amides is 1. The molecule has 4 heteroatoms. The lowest BCUT2D eigenvalue weighted by atomic mass is 9.76. The number of rotatable bonds is 1. The topological polar surface area (TPSA) is 32.3 Å². The van der Waals surface area contributed by atoms with Gasteiger partial charge in [0.25, 0.3) is 0 Å². The molecular formula is C17H33ClN2O. The molecule has 2 unspecified atom stereocenters. The maximum absolute atomic E-state index is 12.9. The molecule has 0 aliphatic carbocycles. The molecule has 0 aromatic carbocycles. The van der Waals surface area contributed by atoms with Gasteiger partial charge in [-0.3, -0.25) is 4.79 Å². The van der Waals surface area contributed by atoms with Crippen molar-refractivity contribution >= 4 is 18.3 Å². The summed E-state index contributed by atoms with van der Waals surface area (Å²) in [6.07, 6.45) is 5.76. The standard InChI is InChI=1S/C17H32N2O.ClH/c1-16(2,3)14-7-5-11-19(12-8-14)15(20)17(4)9-6-10-18-13-17;/h14,18H,5-13H2,1-4H3;1H. The van der Waals surface area contributed by atoms with E-state index >= 15 is 0 Å². The second-order valence-corrected chi connectivity index (χ2v) is 8.13. The smallest absolute Gasteiger partial charge is 0.229 e. The number of carbonyl (C=O) groups is 1. The first-order chi connectivity index (χ1) is 9.33. The molecule has 124 valence electrons. The largest absolute Gasteiger partial charge is 0.342 e. The zero-order chi connectivity index (χ0) is 14.8. The van der Waals surface area contributed by atoms with E-state index in [1.54, 1.807) is 0 Å². The van der Waals surface area contributed by atoms with Crippen LogP contribution in [0.4, 0.5) is 0 Å². The van der Waals surface area contributed by atoms with E-state index in [0.29, 0.717) is 11.3 Å². The SMILES string of the molecule is CC1(C(=O)N2CCCC(C(C)(C)C)CC2)CCCNC1.Cl. The minimum atomic E-state index is -0.167. The molecule has 0 aromatic rings. The number of halogens is 1. The first kappa shape index (κ1) is 18.8. The van der Waals surface area contributed by atoms with Crippen LogP contribution in [0.3, 0.4) is 0 Å². The van der Waals surface area contributed by atoms with Gasteiger partial charge in [0.2, 0.25) is 5.91 Å². The molecule has 0 aromatic heterocycles. The molecule has 0 saturated carbocycles. The number of hydrogen-bond acceptors (Lipinski definition) is 2. The van der Waals surface area contributed by atoms with Gasteiger partial charge in [0.05, 0.1) is 5.41 Å². The van der Waals surface area contributed by atoms with E-state index in [4.69, 9.17) is 0 Å². The van der Waals surface area contributed by atoms with E-state index in [2.05, 4.69) is 37.9 Å². The van der Waals surface area contributed by atoms with E-state index < -0.39 is 0 Å². The van der Waals surface area contributed by atoms with Gasteiger partial charge in [0.15, 0.2) is 0 Å². The second-order valence-electron chi connectivity index (χ2n) is 8.13. The van der Waals surface area contributed by atoms with Crippen molar-refractivity contribution in [1.82, 2.24) is 10.2 Å². The van der Waals surface area contributed by atoms with E-state index in [-0.39, 0.29) is 17.8 Å². The van der Waals surface area contributed by atoms with Crippen LogP contribution in [0.1, 0.15) is 59.8 Å². The molecule has 2 fully saturated rings. The van der Waals surface area contributed by atoms with Crippen LogP contribution in [-0.4, -0.2) is 37.0 Å². The summed E-state index contributed by atoms with van der Waals surface area (Å²) >= 11 is 0. The van der Waals surface area contributed by atoms with Crippen molar-refractivity contribution in [2.75, 3.05) is 26.2 Å². The van der Waals surface area contributed by atoms with Crippen molar-refractivity contribution < 1.29 is 4.79 Å². The summed E-state index contributed by atoms with van der Waals surface area (Å²) < 4.78 is 0. The number of piperidine rings is 1. The van der Waals surface area contributed by atoms with Crippen LogP contribution in [0, 0.1) is 16.7 Å². The highest BCUT2D eigenvalue weighted by molar-refractivity contribution is 5.85. The molecule has 2 aliphatic rings. The molecule has 21 heavy (non-hydrogen) atoms. The molecular weight excluding hydrogens is 284 g/mol. The molecule has 2 aliphatic heterocycles. The summed E-state index contributed by atoms with van der Waals surface area (Å²) in [5.74, 6) is 1.14. The Hall–Kier alpha value is -0.280. The molecule has 2 heterocycles. The van der Waals surface area contributed by atoms with Crippen LogP contribution in [-0.2, 0) is 4.79 Å². The van der Waals surface area contributed by atoms with Crippen molar-refractivity contribution in [1.29, 1.82) is 0 Å². The van der Waals surface area contributed by atoms with Crippen molar-refractivity contribution in [3.63, 3.8) is 0 Å². The third kappa shape index (κ3) is 4.59. The Bertz CT molecular complexity index is 345. The number of hydrogen-bond donors (Lipinski definition) is 1. The third-order valence-electron chi connectivity index (χ3n) is 5.35. The fraction of sp³-hybridized carbons (Fsp3) is 0.941. The third-order valence-corrected chi connectivity index (χ3v) is 5.35. The Kier molecular flexibility index (Phi) is 6.54. The highest BCUT2D eigenvalue weighted by atomic mass is 35.5. The first-order valence-corrected chi connectivity index (χ1v) is 8.33. The molecule has 0 bridgehead atoms. The van der Waals surface area contributed by atoms with E-state index in [9.17, 15) is 4.79 Å². The van der Waals surface area contributed by atoms with Crippen LogP contribution < -0.4 is 5.32 Å². The van der Waals surface area contributed by atoms with Crippen LogP contribution >= 0.6 is 12.4 Å². The predicted octanol–water partition coefficient (Wildman–Crippen LogP) is 3.47. The average Bonchev–Trinajstić information content (AvgIpc) is 2.64. The number of nitrogens with one attached hydrogen (secondary N) is 1. The van der Waals surface area contributed by atoms with Gasteiger partial charge in [-0.15, -0.1) is 12.4 Å². The molecule has 2 saturated heterocycles. The normalized spacial score (nSPS) is 31.2. The van der Waals surface area contributed by atoms with Crippen LogP contribution in [0.2, 0.25) is 0 Å². The zero-order valence-corrected chi connectivity index (χ0v) is 15.0. The Morgan fingerprint density at radius 1 is 1.19 bits per heavy atom. The molecule has 1 N–H and O–H groups in total. The Balaban J connectivity index is 0.00000220. The summed E-state index contributed by atoms with van der Waals surface area (Å²) in [6.45, 7) is 13.0. The van der Waals surface area contributed by atoms with E-state index in [1.807, 2.05) is 0 Å². The van der Waals surface area contributed by atoms with Crippen LogP contribution in [0.5, 0.6) is 0 Å². The zero-order valence-electron chi connectivity index (χ0n) is 14.2. The number of carbonyl (C=O) groups excluding carboxylic acids is 1. The fourth-order valence-corrected chi connectivity index (χ4v) is 3.79. The Morgan fingerprint density at radius 3 is 2.48 bits per heavy atom. The molecule has 1 amide bonds. The highest BCUT2D eigenvalue weighted by Crippen LogP contribution is 2.36. The molecule has 0 spiro atoms. The van der Waals surface area contributed by atoms with Gasteiger partial charge < -0.3 is 10.2 Å².